The van der Waals surface area contributed by atoms with E-state index < -0.39 is 23.9 Å². The Kier molecular flexibility index (Phi) is 6.73. The molecule has 0 unspecified atom stereocenters. The highest BCUT2D eigenvalue weighted by molar-refractivity contribution is 6.35. The highest BCUT2D eigenvalue weighted by Gasteiger charge is 2.28. The number of anilines is 1. The summed E-state index contributed by atoms with van der Waals surface area (Å²) < 4.78 is 4.89. The molecule has 0 bridgehead atoms. The summed E-state index contributed by atoms with van der Waals surface area (Å²) in [6, 6.07) is 12.8. The number of hydrogen-bond donors (Lipinski definition) is 4. The van der Waals surface area contributed by atoms with E-state index in [1.165, 1.54) is 19.2 Å². The van der Waals surface area contributed by atoms with Crippen LogP contribution in [0.4, 0.5) is 5.69 Å². The number of carboxylic acids is 1. The molecule has 1 aromatic heterocycles. The van der Waals surface area contributed by atoms with Crippen molar-refractivity contribution in [3.8, 4) is 0 Å². The van der Waals surface area contributed by atoms with Crippen LogP contribution in [0.3, 0.4) is 0 Å². The van der Waals surface area contributed by atoms with Gasteiger partial charge in [0, 0.05) is 29.1 Å². The maximum Gasteiger partial charge on any atom is 0.335 e. The maximum atomic E-state index is 13.2. The fraction of sp³-hybridized carbons (Fsp3) is 0.185. The third-order valence-electron chi connectivity index (χ3n) is 6.12. The first kappa shape index (κ1) is 24.5. The number of aromatic amines is 1. The molecule has 9 heteroatoms. The fourth-order valence-corrected chi connectivity index (χ4v) is 4.28. The van der Waals surface area contributed by atoms with Crippen LogP contribution in [0.5, 0.6) is 0 Å². The quantitative estimate of drug-likeness (QED) is 0.298. The van der Waals surface area contributed by atoms with Crippen molar-refractivity contribution in [1.29, 1.82) is 0 Å². The van der Waals surface area contributed by atoms with Crippen LogP contribution >= 0.6 is 0 Å². The van der Waals surface area contributed by atoms with Crippen molar-refractivity contribution in [3.63, 3.8) is 0 Å². The molecule has 2 heterocycles. The lowest BCUT2D eigenvalue weighted by Gasteiger charge is -2.17. The van der Waals surface area contributed by atoms with Crippen LogP contribution in [0, 0.1) is 13.8 Å². The number of amides is 2. The van der Waals surface area contributed by atoms with E-state index in [1.807, 2.05) is 30.3 Å². The molecule has 2 aromatic carbocycles. The summed E-state index contributed by atoms with van der Waals surface area (Å²) in [5.41, 5.74) is 4.19. The topological polar surface area (TPSA) is 138 Å². The molecule has 4 rings (SSSR count). The standard InChI is InChI=1S/C27H25N3O6/c1-14-21(13-19-18-12-17(26(33)34)9-10-20(18)29-24(19)31)28-15(2)23(14)25(32)30-22(27(35)36-3)11-16-7-5-4-6-8-16/h4-10,12-13,22,28H,11H2,1-3H3,(H,29,31)(H,30,32)(H,33,34)/b19-13-/t22-/m1/s1. The van der Waals surface area contributed by atoms with Crippen LogP contribution in [0.15, 0.2) is 48.5 Å². The Bertz CT molecular complexity index is 1400. The molecule has 0 saturated heterocycles. The summed E-state index contributed by atoms with van der Waals surface area (Å²) in [5, 5.41) is 14.8. The average molecular weight is 488 g/mol. The molecule has 1 aliphatic rings. The first-order chi connectivity index (χ1) is 17.2. The second-order valence-corrected chi connectivity index (χ2v) is 8.48. The lowest BCUT2D eigenvalue weighted by atomic mass is 10.0. The van der Waals surface area contributed by atoms with Gasteiger partial charge in [0.05, 0.1) is 23.8 Å². The predicted octanol–water partition coefficient (Wildman–Crippen LogP) is 3.34. The summed E-state index contributed by atoms with van der Waals surface area (Å²) in [6.07, 6.45) is 1.86. The minimum Gasteiger partial charge on any atom is -0.478 e. The number of aromatic carboxylic acids is 1. The van der Waals surface area contributed by atoms with Gasteiger partial charge in [-0.2, -0.15) is 0 Å². The molecule has 0 aliphatic carbocycles. The van der Waals surface area contributed by atoms with E-state index >= 15 is 0 Å². The van der Waals surface area contributed by atoms with Crippen molar-refractivity contribution in [1.82, 2.24) is 10.3 Å². The molecule has 36 heavy (non-hydrogen) atoms. The fourth-order valence-electron chi connectivity index (χ4n) is 4.28. The minimum absolute atomic E-state index is 0.0582. The molecule has 9 nitrogen and oxygen atoms in total. The number of rotatable bonds is 7. The zero-order chi connectivity index (χ0) is 26.0. The largest absolute Gasteiger partial charge is 0.478 e. The predicted molar refractivity (Wildman–Crippen MR) is 134 cm³/mol. The summed E-state index contributed by atoms with van der Waals surface area (Å²) >= 11 is 0. The van der Waals surface area contributed by atoms with Crippen LogP contribution in [-0.4, -0.2) is 47.0 Å². The maximum absolute atomic E-state index is 13.2. The molecule has 4 N–H and O–H groups in total. The monoisotopic (exact) mass is 487 g/mol. The summed E-state index contributed by atoms with van der Waals surface area (Å²) in [4.78, 5) is 52.7. The van der Waals surface area contributed by atoms with Gasteiger partial charge in [0.15, 0.2) is 0 Å². The van der Waals surface area contributed by atoms with Crippen LogP contribution in [-0.2, 0) is 20.7 Å². The molecule has 3 aromatic rings. The van der Waals surface area contributed by atoms with Gasteiger partial charge in [0.25, 0.3) is 11.8 Å². The number of aromatic nitrogens is 1. The molecule has 0 saturated carbocycles. The minimum atomic E-state index is -1.10. The number of carbonyl (C=O) groups is 4. The van der Waals surface area contributed by atoms with Gasteiger partial charge in [0.1, 0.15) is 6.04 Å². The first-order valence-electron chi connectivity index (χ1n) is 11.2. The number of hydrogen-bond acceptors (Lipinski definition) is 5. The van der Waals surface area contributed by atoms with Crippen molar-refractivity contribution in [2.45, 2.75) is 26.3 Å². The number of ether oxygens (including phenoxy) is 1. The van der Waals surface area contributed by atoms with E-state index in [2.05, 4.69) is 15.6 Å². The number of carbonyl (C=O) groups excluding carboxylic acids is 3. The van der Waals surface area contributed by atoms with Gasteiger partial charge in [0.2, 0.25) is 0 Å². The SMILES string of the molecule is COC(=O)[C@@H](Cc1ccccc1)NC(=O)c1c(C)[nH]c(/C=C2\C(=O)Nc3ccc(C(=O)O)cc32)c1C. The molecule has 2 amide bonds. The highest BCUT2D eigenvalue weighted by atomic mass is 16.5. The summed E-state index contributed by atoms with van der Waals surface area (Å²) in [7, 11) is 1.27. The number of esters is 1. The number of carboxylic acid groups (broad SMARTS) is 1. The smallest absolute Gasteiger partial charge is 0.335 e. The zero-order valence-electron chi connectivity index (χ0n) is 20.0. The molecule has 1 aliphatic heterocycles. The first-order valence-corrected chi connectivity index (χ1v) is 11.2. The molecule has 184 valence electrons. The number of nitrogens with one attached hydrogen (secondary N) is 3. The second kappa shape index (κ2) is 9.91. The van der Waals surface area contributed by atoms with Gasteiger partial charge in [-0.3, -0.25) is 9.59 Å². The molecule has 0 spiro atoms. The lowest BCUT2D eigenvalue weighted by Crippen LogP contribution is -2.43. The van der Waals surface area contributed by atoms with Gasteiger partial charge < -0.3 is 25.5 Å². The van der Waals surface area contributed by atoms with E-state index in [0.29, 0.717) is 33.8 Å². The Morgan fingerprint density at radius 2 is 1.83 bits per heavy atom. The number of aryl methyl sites for hydroxylation is 1. The van der Waals surface area contributed by atoms with Gasteiger partial charge in [-0.05, 0) is 49.2 Å². The summed E-state index contributed by atoms with van der Waals surface area (Å²) in [6.45, 7) is 3.45. The average Bonchev–Trinajstić information content (AvgIpc) is 3.32. The number of methoxy groups -OCH3 is 1. The third kappa shape index (κ3) is 4.76. The Morgan fingerprint density at radius 3 is 2.50 bits per heavy atom. The van der Waals surface area contributed by atoms with Gasteiger partial charge >= 0.3 is 11.9 Å². The van der Waals surface area contributed by atoms with Crippen LogP contribution in [0.25, 0.3) is 11.6 Å². The van der Waals surface area contributed by atoms with Crippen molar-refractivity contribution in [3.05, 3.63) is 87.7 Å². The molecular formula is C27H25N3O6. The third-order valence-corrected chi connectivity index (χ3v) is 6.12. The van der Waals surface area contributed by atoms with Crippen molar-refractivity contribution < 1.29 is 29.0 Å². The number of benzene rings is 2. The van der Waals surface area contributed by atoms with E-state index in [4.69, 9.17) is 4.74 Å². The van der Waals surface area contributed by atoms with Crippen molar-refractivity contribution >= 4 is 41.1 Å². The van der Waals surface area contributed by atoms with Crippen LogP contribution in [0.2, 0.25) is 0 Å². The van der Waals surface area contributed by atoms with E-state index in [-0.39, 0.29) is 23.5 Å². The molecular weight excluding hydrogens is 462 g/mol. The van der Waals surface area contributed by atoms with E-state index in [9.17, 15) is 24.3 Å². The lowest BCUT2D eigenvalue weighted by molar-refractivity contribution is -0.142. The van der Waals surface area contributed by atoms with Crippen LogP contribution < -0.4 is 10.6 Å². The molecule has 0 radical (unpaired) electrons. The normalized spacial score (nSPS) is 14.2. The summed E-state index contributed by atoms with van der Waals surface area (Å²) in [5.74, 6) is -2.49. The van der Waals surface area contributed by atoms with E-state index in [1.54, 1.807) is 26.0 Å². The molecule has 0 fully saturated rings. The van der Waals surface area contributed by atoms with Crippen LogP contribution in [0.1, 0.15) is 48.8 Å². The van der Waals surface area contributed by atoms with Gasteiger partial charge in [-0.1, -0.05) is 30.3 Å². The highest BCUT2D eigenvalue weighted by Crippen LogP contribution is 2.34. The Balaban J connectivity index is 1.64. The van der Waals surface area contributed by atoms with Gasteiger partial charge in [-0.15, -0.1) is 0 Å². The molecule has 1 atom stereocenters. The Morgan fingerprint density at radius 1 is 1.11 bits per heavy atom. The number of fused-ring (bicyclic) bond motifs is 1. The number of H-pyrrole nitrogens is 1. The van der Waals surface area contributed by atoms with Crippen molar-refractivity contribution in [2.75, 3.05) is 12.4 Å². The second-order valence-electron chi connectivity index (χ2n) is 8.48. The Labute approximate surface area is 207 Å². The van der Waals surface area contributed by atoms with Gasteiger partial charge in [-0.25, -0.2) is 9.59 Å². The van der Waals surface area contributed by atoms with Crippen molar-refractivity contribution in [2.24, 2.45) is 0 Å². The van der Waals surface area contributed by atoms with E-state index in [0.717, 1.165) is 5.56 Å². The zero-order valence-corrected chi connectivity index (χ0v) is 20.0. The Hall–Kier alpha value is -4.66.